The molecule has 1 atom stereocenters. The topological polar surface area (TPSA) is 64.0 Å². The third-order valence-electron chi connectivity index (χ3n) is 5.13. The Labute approximate surface area is 175 Å². The minimum Gasteiger partial charge on any atom is -0.353 e. The van der Waals surface area contributed by atoms with E-state index in [0.29, 0.717) is 22.0 Å². The van der Waals surface area contributed by atoms with E-state index in [0.717, 1.165) is 16.8 Å². The number of para-hydroxylation sites is 2. The van der Waals surface area contributed by atoms with Crippen LogP contribution in [0.25, 0.3) is 16.6 Å². The molecule has 1 amide bonds. The average molecular weight is 410 g/mol. The van der Waals surface area contributed by atoms with E-state index in [-0.39, 0.29) is 23.3 Å². The monoisotopic (exact) mass is 409 g/mol. The van der Waals surface area contributed by atoms with Crippen molar-refractivity contribution in [2.75, 3.05) is 5.75 Å². The lowest BCUT2D eigenvalue weighted by molar-refractivity contribution is -0.119. The number of benzene rings is 2. The molecule has 0 aliphatic carbocycles. The van der Waals surface area contributed by atoms with Crippen LogP contribution in [0.3, 0.4) is 0 Å². The molecule has 2 aromatic carbocycles. The molecular weight excluding hydrogens is 382 g/mol. The van der Waals surface area contributed by atoms with Gasteiger partial charge >= 0.3 is 0 Å². The fraction of sp³-hybridized carbons (Fsp3) is 0.348. The summed E-state index contributed by atoms with van der Waals surface area (Å²) in [5.74, 6) is 0.495. The van der Waals surface area contributed by atoms with Crippen molar-refractivity contribution in [1.29, 1.82) is 0 Å². The van der Waals surface area contributed by atoms with Crippen LogP contribution in [-0.4, -0.2) is 27.3 Å². The SMILES string of the molecule is Cc1cccc(C)c1-n1c(SCC(=O)NC(C)C(C)C)nc2ccccc2c1=O. The number of carbonyl (C=O) groups is 1. The highest BCUT2D eigenvalue weighted by molar-refractivity contribution is 7.99. The van der Waals surface area contributed by atoms with E-state index in [4.69, 9.17) is 4.98 Å². The zero-order valence-corrected chi connectivity index (χ0v) is 18.3. The molecule has 0 aliphatic heterocycles. The van der Waals surface area contributed by atoms with E-state index < -0.39 is 0 Å². The van der Waals surface area contributed by atoms with E-state index in [2.05, 4.69) is 19.2 Å². The molecule has 5 nitrogen and oxygen atoms in total. The number of hydrogen-bond donors (Lipinski definition) is 1. The number of hydrogen-bond acceptors (Lipinski definition) is 4. The molecule has 1 aromatic heterocycles. The highest BCUT2D eigenvalue weighted by Gasteiger charge is 2.18. The fourth-order valence-corrected chi connectivity index (χ4v) is 3.97. The second kappa shape index (κ2) is 8.82. The third kappa shape index (κ3) is 4.53. The van der Waals surface area contributed by atoms with Crippen molar-refractivity contribution < 1.29 is 4.79 Å². The molecule has 0 radical (unpaired) electrons. The summed E-state index contributed by atoms with van der Waals surface area (Å²) in [6.45, 7) is 10.1. The van der Waals surface area contributed by atoms with Crippen LogP contribution in [0, 0.1) is 19.8 Å². The Morgan fingerprint density at radius 2 is 1.72 bits per heavy atom. The minimum atomic E-state index is -0.119. The third-order valence-corrected chi connectivity index (χ3v) is 6.07. The molecule has 152 valence electrons. The zero-order valence-electron chi connectivity index (χ0n) is 17.5. The first-order valence-corrected chi connectivity index (χ1v) is 10.8. The number of aryl methyl sites for hydroxylation is 2. The van der Waals surface area contributed by atoms with Crippen molar-refractivity contribution in [2.24, 2.45) is 5.92 Å². The molecule has 6 heteroatoms. The van der Waals surface area contributed by atoms with Gasteiger partial charge in [0.25, 0.3) is 5.56 Å². The summed E-state index contributed by atoms with van der Waals surface area (Å²) >= 11 is 1.29. The van der Waals surface area contributed by atoms with E-state index in [1.54, 1.807) is 10.6 Å². The Bertz CT molecular complexity index is 1080. The van der Waals surface area contributed by atoms with Crippen LogP contribution in [0.1, 0.15) is 31.9 Å². The Morgan fingerprint density at radius 1 is 1.07 bits per heavy atom. The standard InChI is InChI=1S/C23H27N3O2S/c1-14(2)17(5)24-20(27)13-29-23-25-19-12-7-6-11-18(19)22(28)26(23)21-15(3)9-8-10-16(21)4/h6-12,14,17H,13H2,1-5H3,(H,24,27). The quantitative estimate of drug-likeness (QED) is 0.488. The number of nitrogens with zero attached hydrogens (tertiary/aromatic N) is 2. The Kier molecular flexibility index (Phi) is 6.42. The summed E-state index contributed by atoms with van der Waals surface area (Å²) < 4.78 is 1.65. The normalized spacial score (nSPS) is 12.3. The second-order valence-electron chi connectivity index (χ2n) is 7.68. The van der Waals surface area contributed by atoms with Gasteiger partial charge in [-0.15, -0.1) is 0 Å². The Morgan fingerprint density at radius 3 is 2.38 bits per heavy atom. The Hall–Kier alpha value is -2.60. The lowest BCUT2D eigenvalue weighted by Crippen LogP contribution is -2.37. The maximum Gasteiger partial charge on any atom is 0.266 e. The first kappa shape index (κ1) is 21.1. The number of thioether (sulfide) groups is 1. The number of rotatable bonds is 6. The fourth-order valence-electron chi connectivity index (χ4n) is 3.16. The van der Waals surface area contributed by atoms with Gasteiger partial charge in [0.1, 0.15) is 0 Å². The summed E-state index contributed by atoms with van der Waals surface area (Å²) in [5, 5.41) is 4.10. The Balaban J connectivity index is 2.06. The molecule has 1 unspecified atom stereocenters. The van der Waals surface area contributed by atoms with Gasteiger partial charge in [0.2, 0.25) is 5.91 Å². The molecule has 29 heavy (non-hydrogen) atoms. The maximum atomic E-state index is 13.4. The lowest BCUT2D eigenvalue weighted by atomic mass is 10.1. The van der Waals surface area contributed by atoms with Crippen molar-refractivity contribution in [3.05, 3.63) is 63.9 Å². The first-order valence-electron chi connectivity index (χ1n) is 9.80. The molecule has 3 rings (SSSR count). The molecule has 0 spiro atoms. The molecule has 0 aliphatic rings. The molecule has 3 aromatic rings. The van der Waals surface area contributed by atoms with Crippen molar-refractivity contribution in [2.45, 2.75) is 45.8 Å². The van der Waals surface area contributed by atoms with Gasteiger partial charge in [0.05, 0.1) is 22.3 Å². The molecule has 0 saturated heterocycles. The highest BCUT2D eigenvalue weighted by atomic mass is 32.2. The molecule has 0 bridgehead atoms. The van der Waals surface area contributed by atoms with Gasteiger partial charge in [-0.1, -0.05) is 55.9 Å². The second-order valence-corrected chi connectivity index (χ2v) is 8.62. The van der Waals surface area contributed by atoms with Gasteiger partial charge < -0.3 is 5.32 Å². The van der Waals surface area contributed by atoms with E-state index in [9.17, 15) is 9.59 Å². The predicted molar refractivity (Wildman–Crippen MR) is 120 cm³/mol. The number of fused-ring (bicyclic) bond motifs is 1. The van der Waals surface area contributed by atoms with Crippen LogP contribution in [0.4, 0.5) is 0 Å². The molecular formula is C23H27N3O2S. The summed E-state index contributed by atoms with van der Waals surface area (Å²) in [6.07, 6.45) is 0. The summed E-state index contributed by atoms with van der Waals surface area (Å²) in [6, 6.07) is 13.4. The van der Waals surface area contributed by atoms with E-state index >= 15 is 0 Å². The number of aromatic nitrogens is 2. The average Bonchev–Trinajstić information content (AvgIpc) is 2.68. The molecule has 1 N–H and O–H groups in total. The molecule has 0 saturated carbocycles. The summed E-state index contributed by atoms with van der Waals surface area (Å²) in [7, 11) is 0. The van der Waals surface area contributed by atoms with Crippen LogP contribution in [0.2, 0.25) is 0 Å². The summed E-state index contributed by atoms with van der Waals surface area (Å²) in [4.78, 5) is 30.5. The van der Waals surface area contributed by atoms with Crippen LogP contribution in [0.5, 0.6) is 0 Å². The number of nitrogens with one attached hydrogen (secondary N) is 1. The smallest absolute Gasteiger partial charge is 0.266 e. The van der Waals surface area contributed by atoms with E-state index in [1.807, 2.05) is 57.2 Å². The predicted octanol–water partition coefficient (Wildman–Crippen LogP) is 4.26. The molecule has 1 heterocycles. The first-order chi connectivity index (χ1) is 13.8. The number of carbonyl (C=O) groups excluding carboxylic acids is 1. The minimum absolute atomic E-state index is 0.0633. The van der Waals surface area contributed by atoms with Crippen molar-refractivity contribution in [1.82, 2.24) is 14.9 Å². The van der Waals surface area contributed by atoms with Gasteiger partial charge in [-0.2, -0.15) is 0 Å². The zero-order chi connectivity index (χ0) is 21.1. The van der Waals surface area contributed by atoms with E-state index in [1.165, 1.54) is 11.8 Å². The van der Waals surface area contributed by atoms with Crippen LogP contribution in [-0.2, 0) is 4.79 Å². The van der Waals surface area contributed by atoms with Crippen molar-refractivity contribution in [3.63, 3.8) is 0 Å². The van der Waals surface area contributed by atoms with Gasteiger partial charge in [-0.25, -0.2) is 4.98 Å². The summed E-state index contributed by atoms with van der Waals surface area (Å²) in [5.41, 5.74) is 3.33. The van der Waals surface area contributed by atoms with Gasteiger partial charge in [-0.05, 0) is 49.9 Å². The maximum absolute atomic E-state index is 13.4. The number of amides is 1. The largest absolute Gasteiger partial charge is 0.353 e. The van der Waals surface area contributed by atoms with Gasteiger partial charge in [-0.3, -0.25) is 14.2 Å². The van der Waals surface area contributed by atoms with Gasteiger partial charge in [0, 0.05) is 6.04 Å². The van der Waals surface area contributed by atoms with Crippen LogP contribution < -0.4 is 10.9 Å². The highest BCUT2D eigenvalue weighted by Crippen LogP contribution is 2.25. The van der Waals surface area contributed by atoms with Crippen molar-refractivity contribution in [3.8, 4) is 5.69 Å². The van der Waals surface area contributed by atoms with Crippen LogP contribution >= 0.6 is 11.8 Å². The lowest BCUT2D eigenvalue weighted by Gasteiger charge is -2.19. The molecule has 0 fully saturated rings. The van der Waals surface area contributed by atoms with Crippen LogP contribution in [0.15, 0.2) is 52.4 Å². The van der Waals surface area contributed by atoms with Gasteiger partial charge in [0.15, 0.2) is 5.16 Å². The van der Waals surface area contributed by atoms with Crippen molar-refractivity contribution >= 4 is 28.6 Å².